The molecule has 0 aromatic heterocycles. The average Bonchev–Trinajstić information content (AvgIpc) is 2.89. The fourth-order valence-electron chi connectivity index (χ4n) is 5.17. The van der Waals surface area contributed by atoms with Crippen molar-refractivity contribution in [1.29, 1.82) is 0 Å². The Labute approximate surface area is 230 Å². The van der Waals surface area contributed by atoms with E-state index in [2.05, 4.69) is 29.4 Å². The molecule has 1 aromatic rings. The Hall–Kier alpha value is -2.67. The molecule has 2 rings (SSSR count). The maximum Gasteiger partial charge on any atom is 0.246 e. The lowest BCUT2D eigenvalue weighted by Crippen LogP contribution is -2.58. The second kappa shape index (κ2) is 15.1. The fraction of sp³-hybridized carbons (Fsp3) is 0.645. The molecule has 1 aliphatic rings. The van der Waals surface area contributed by atoms with Crippen LogP contribution in [-0.4, -0.2) is 71.8 Å². The van der Waals surface area contributed by atoms with Crippen molar-refractivity contribution in [3.05, 3.63) is 47.5 Å². The number of likely N-dealkylation sites (tertiary alicyclic amines) is 1. The van der Waals surface area contributed by atoms with Crippen LogP contribution in [0.4, 0.5) is 0 Å². The van der Waals surface area contributed by atoms with E-state index < -0.39 is 6.04 Å². The topological polar surface area (TPSA) is 81.8 Å². The monoisotopic (exact) mass is 526 g/mol. The molecule has 1 heterocycles. The summed E-state index contributed by atoms with van der Waals surface area (Å²) >= 11 is 0. The molecule has 2 N–H and O–H groups in total. The van der Waals surface area contributed by atoms with E-state index in [0.717, 1.165) is 32.2 Å². The second-order valence-electron chi connectivity index (χ2n) is 11.6. The number of hydrogen-bond acceptors (Lipinski definition) is 4. The highest BCUT2D eigenvalue weighted by Crippen LogP contribution is 2.21. The smallest absolute Gasteiger partial charge is 0.246 e. The fourth-order valence-corrected chi connectivity index (χ4v) is 5.17. The highest BCUT2D eigenvalue weighted by atomic mass is 16.2. The molecular weight excluding hydrogens is 476 g/mol. The Morgan fingerprint density at radius 3 is 2.26 bits per heavy atom. The molecule has 0 saturated carbocycles. The first-order valence-electron chi connectivity index (χ1n) is 14.3. The number of rotatable bonds is 12. The van der Waals surface area contributed by atoms with Crippen molar-refractivity contribution in [1.82, 2.24) is 20.4 Å². The van der Waals surface area contributed by atoms with E-state index in [1.807, 2.05) is 64.1 Å². The summed E-state index contributed by atoms with van der Waals surface area (Å²) in [4.78, 5) is 43.8. The van der Waals surface area contributed by atoms with Gasteiger partial charge in [-0.05, 0) is 64.0 Å². The number of piperidine rings is 1. The summed E-state index contributed by atoms with van der Waals surface area (Å²) in [6.45, 7) is 15.5. The standard InChI is InChI=1S/C31H50N4O3/c1-21(2)27(20-24(7)29(36)32-18-17-25-14-10-9-11-15-25)34(8)31(38)28(22(3)4)33-30(37)26-16-12-13-19-35(26)23(5)6/h9-11,14-15,20-23,26-28H,12-13,16-19H2,1-8H3,(H,32,36)(H,33,37)/b24-20+/t26?,27-,28?/m1/s1. The molecule has 0 spiro atoms. The molecule has 7 heteroatoms. The minimum Gasteiger partial charge on any atom is -0.352 e. The van der Waals surface area contributed by atoms with E-state index in [1.54, 1.807) is 18.9 Å². The highest BCUT2D eigenvalue weighted by Gasteiger charge is 2.36. The maximum atomic E-state index is 13.7. The van der Waals surface area contributed by atoms with Crippen molar-refractivity contribution in [3.8, 4) is 0 Å². The summed E-state index contributed by atoms with van der Waals surface area (Å²) < 4.78 is 0. The third-order valence-electron chi connectivity index (χ3n) is 7.54. The van der Waals surface area contributed by atoms with Crippen LogP contribution >= 0.6 is 0 Å². The summed E-state index contributed by atoms with van der Waals surface area (Å²) in [6.07, 6.45) is 5.57. The Bertz CT molecular complexity index is 942. The molecule has 1 aromatic carbocycles. The van der Waals surface area contributed by atoms with Gasteiger partial charge in [-0.1, -0.05) is 70.5 Å². The van der Waals surface area contributed by atoms with Gasteiger partial charge in [0.05, 0.1) is 12.1 Å². The van der Waals surface area contributed by atoms with Gasteiger partial charge in [0.1, 0.15) is 6.04 Å². The zero-order valence-electron chi connectivity index (χ0n) is 24.8. The predicted octanol–water partition coefficient (Wildman–Crippen LogP) is 4.18. The molecular formula is C31H50N4O3. The first-order valence-corrected chi connectivity index (χ1v) is 14.3. The van der Waals surface area contributed by atoms with Crippen LogP contribution in [-0.2, 0) is 20.8 Å². The molecule has 3 atom stereocenters. The van der Waals surface area contributed by atoms with Gasteiger partial charge in [0.2, 0.25) is 17.7 Å². The second-order valence-corrected chi connectivity index (χ2v) is 11.6. The van der Waals surface area contributed by atoms with Gasteiger partial charge in [0.25, 0.3) is 0 Å². The third kappa shape index (κ3) is 8.97. The van der Waals surface area contributed by atoms with Crippen LogP contribution in [0, 0.1) is 11.8 Å². The van der Waals surface area contributed by atoms with Crippen molar-refractivity contribution in [2.75, 3.05) is 20.1 Å². The van der Waals surface area contributed by atoms with E-state index >= 15 is 0 Å². The van der Waals surface area contributed by atoms with E-state index in [-0.39, 0.29) is 47.7 Å². The Morgan fingerprint density at radius 2 is 1.68 bits per heavy atom. The maximum absolute atomic E-state index is 13.7. The number of likely N-dealkylation sites (N-methyl/N-ethyl adjacent to an activating group) is 1. The van der Waals surface area contributed by atoms with Crippen LogP contribution in [0.5, 0.6) is 0 Å². The molecule has 3 amide bonds. The Balaban J connectivity index is 2.09. The van der Waals surface area contributed by atoms with Crippen LogP contribution in [0.3, 0.4) is 0 Å². The number of hydrogen-bond donors (Lipinski definition) is 2. The zero-order chi connectivity index (χ0) is 28.4. The van der Waals surface area contributed by atoms with Crippen LogP contribution < -0.4 is 10.6 Å². The molecule has 0 aliphatic carbocycles. The van der Waals surface area contributed by atoms with Crippen molar-refractivity contribution in [3.63, 3.8) is 0 Å². The van der Waals surface area contributed by atoms with Crippen molar-refractivity contribution < 1.29 is 14.4 Å². The number of nitrogens with one attached hydrogen (secondary N) is 2. The summed E-state index contributed by atoms with van der Waals surface area (Å²) in [5, 5.41) is 6.08. The molecule has 1 fully saturated rings. The van der Waals surface area contributed by atoms with E-state index in [1.165, 1.54) is 5.56 Å². The lowest BCUT2D eigenvalue weighted by Gasteiger charge is -2.39. The Kier molecular flexibility index (Phi) is 12.5. The van der Waals surface area contributed by atoms with Gasteiger partial charge in [-0.3, -0.25) is 19.3 Å². The van der Waals surface area contributed by atoms with Gasteiger partial charge in [-0.25, -0.2) is 0 Å². The molecule has 2 unspecified atom stereocenters. The van der Waals surface area contributed by atoms with Gasteiger partial charge in [-0.15, -0.1) is 0 Å². The number of amides is 3. The quantitative estimate of drug-likeness (QED) is 0.401. The van der Waals surface area contributed by atoms with Gasteiger partial charge < -0.3 is 15.5 Å². The van der Waals surface area contributed by atoms with E-state index in [0.29, 0.717) is 12.1 Å². The van der Waals surface area contributed by atoms with Gasteiger partial charge in [0, 0.05) is 25.2 Å². The summed E-state index contributed by atoms with van der Waals surface area (Å²) in [6, 6.07) is 9.22. The first-order chi connectivity index (χ1) is 17.9. The molecule has 0 bridgehead atoms. The zero-order valence-corrected chi connectivity index (χ0v) is 24.8. The third-order valence-corrected chi connectivity index (χ3v) is 7.54. The van der Waals surface area contributed by atoms with E-state index in [4.69, 9.17) is 0 Å². The van der Waals surface area contributed by atoms with Crippen LogP contribution in [0.2, 0.25) is 0 Å². The first kappa shape index (κ1) is 31.5. The highest BCUT2D eigenvalue weighted by molar-refractivity contribution is 5.93. The van der Waals surface area contributed by atoms with Crippen LogP contribution in [0.25, 0.3) is 0 Å². The molecule has 1 aliphatic heterocycles. The largest absolute Gasteiger partial charge is 0.352 e. The van der Waals surface area contributed by atoms with Gasteiger partial charge >= 0.3 is 0 Å². The summed E-state index contributed by atoms with van der Waals surface area (Å²) in [5.41, 5.74) is 1.75. The lowest BCUT2D eigenvalue weighted by atomic mass is 9.95. The molecule has 7 nitrogen and oxygen atoms in total. The number of benzene rings is 1. The number of nitrogens with zero attached hydrogens (tertiary/aromatic N) is 2. The van der Waals surface area contributed by atoms with Crippen molar-refractivity contribution >= 4 is 17.7 Å². The van der Waals surface area contributed by atoms with Crippen molar-refractivity contribution in [2.45, 2.75) is 98.3 Å². The van der Waals surface area contributed by atoms with Crippen LogP contribution in [0.1, 0.15) is 73.3 Å². The SMILES string of the molecule is C/C(=C\[C@H](C(C)C)N(C)C(=O)C(NC(=O)C1CCCCN1C(C)C)C(C)C)C(=O)NCCc1ccccc1. The number of carbonyl (C=O) groups excluding carboxylic acids is 3. The average molecular weight is 527 g/mol. The molecule has 38 heavy (non-hydrogen) atoms. The van der Waals surface area contributed by atoms with Crippen LogP contribution in [0.15, 0.2) is 42.0 Å². The normalized spacial score (nSPS) is 18.4. The lowest BCUT2D eigenvalue weighted by molar-refractivity contribution is -0.140. The predicted molar refractivity (Wildman–Crippen MR) is 155 cm³/mol. The molecule has 0 radical (unpaired) electrons. The van der Waals surface area contributed by atoms with Gasteiger partial charge in [-0.2, -0.15) is 0 Å². The minimum absolute atomic E-state index is 0.0653. The van der Waals surface area contributed by atoms with E-state index in [9.17, 15) is 14.4 Å². The van der Waals surface area contributed by atoms with Crippen molar-refractivity contribution in [2.24, 2.45) is 11.8 Å². The molecule has 1 saturated heterocycles. The van der Waals surface area contributed by atoms with Gasteiger partial charge in [0.15, 0.2) is 0 Å². The minimum atomic E-state index is -0.627. The number of carbonyl (C=O) groups is 3. The molecule has 212 valence electrons. The summed E-state index contributed by atoms with van der Waals surface area (Å²) in [5.74, 6) is -0.303. The Morgan fingerprint density at radius 1 is 1.03 bits per heavy atom. The summed E-state index contributed by atoms with van der Waals surface area (Å²) in [7, 11) is 1.77.